The van der Waals surface area contributed by atoms with Gasteiger partial charge in [0.1, 0.15) is 11.5 Å². The van der Waals surface area contributed by atoms with Gasteiger partial charge in [-0.15, -0.1) is 0 Å². The van der Waals surface area contributed by atoms with E-state index < -0.39 is 33.2 Å². The van der Waals surface area contributed by atoms with Crippen LogP contribution in [0.15, 0.2) is 70.7 Å². The smallest absolute Gasteiger partial charge is 0.344 e. The van der Waals surface area contributed by atoms with E-state index >= 15 is 0 Å². The van der Waals surface area contributed by atoms with Gasteiger partial charge in [0.25, 0.3) is 11.3 Å². The van der Waals surface area contributed by atoms with Crippen molar-refractivity contribution in [1.82, 2.24) is 0 Å². The van der Waals surface area contributed by atoms with E-state index in [-0.39, 0.29) is 52.9 Å². The average molecular weight is 620 g/mol. The number of carbonyl (C=O) groups is 1. The predicted molar refractivity (Wildman–Crippen MR) is 159 cm³/mol. The zero-order valence-corrected chi connectivity index (χ0v) is 24.6. The number of nitrogens with zero attached hydrogens (tertiary/aromatic N) is 2. The lowest BCUT2D eigenvalue weighted by atomic mass is 10.0. The molecule has 2 unspecified atom stereocenters. The first-order valence-corrected chi connectivity index (χ1v) is 15.8. The van der Waals surface area contributed by atoms with E-state index in [9.17, 15) is 32.2 Å². The number of rotatable bonds is 14. The van der Waals surface area contributed by atoms with E-state index in [4.69, 9.17) is 15.7 Å². The molecule has 0 aliphatic carbocycles. The van der Waals surface area contributed by atoms with Crippen LogP contribution in [-0.4, -0.2) is 63.3 Å². The number of phenols is 1. The SMILES string of the molecule is CCCCC(Oc1cc(-c2ccccc2S(C)(=O)=O)ccc1CCN(c1cc(C(N)=NO)ccc1O)S(=O)O)C(=O)O. The average Bonchev–Trinajstić information content (AvgIpc) is 2.95. The number of nitrogens with two attached hydrogens (primary N) is 1. The number of amidine groups is 1. The van der Waals surface area contributed by atoms with E-state index in [1.54, 1.807) is 36.4 Å². The number of benzene rings is 3. The van der Waals surface area contributed by atoms with Gasteiger partial charge in [0.15, 0.2) is 21.8 Å². The second kappa shape index (κ2) is 14.2. The Bertz CT molecular complexity index is 1590. The molecule has 12 nitrogen and oxygen atoms in total. The highest BCUT2D eigenvalue weighted by Crippen LogP contribution is 2.34. The monoisotopic (exact) mass is 619 g/mol. The van der Waals surface area contributed by atoms with Gasteiger partial charge in [-0.25, -0.2) is 17.4 Å². The first kappa shape index (κ1) is 32.4. The summed E-state index contributed by atoms with van der Waals surface area (Å²) in [6.07, 6.45) is 1.54. The summed E-state index contributed by atoms with van der Waals surface area (Å²) in [6.45, 7) is 1.78. The summed E-state index contributed by atoms with van der Waals surface area (Å²) in [5.74, 6) is -1.61. The molecule has 0 fully saturated rings. The molecule has 0 aliphatic rings. The molecule has 3 rings (SSSR count). The summed E-state index contributed by atoms with van der Waals surface area (Å²) in [5.41, 5.74) is 7.12. The van der Waals surface area contributed by atoms with Crippen molar-refractivity contribution >= 4 is 38.6 Å². The minimum atomic E-state index is -3.59. The fourth-order valence-electron chi connectivity index (χ4n) is 4.29. The molecule has 0 heterocycles. The molecule has 42 heavy (non-hydrogen) atoms. The van der Waals surface area contributed by atoms with Crippen molar-refractivity contribution in [3.63, 3.8) is 0 Å². The van der Waals surface area contributed by atoms with Gasteiger partial charge in [-0.3, -0.25) is 8.86 Å². The van der Waals surface area contributed by atoms with Gasteiger partial charge in [-0.1, -0.05) is 48.8 Å². The van der Waals surface area contributed by atoms with Gasteiger partial charge >= 0.3 is 5.97 Å². The quantitative estimate of drug-likeness (QED) is 0.0582. The first-order chi connectivity index (χ1) is 19.9. The lowest BCUT2D eigenvalue weighted by Gasteiger charge is -2.23. The number of ether oxygens (including phenoxy) is 1. The van der Waals surface area contributed by atoms with Gasteiger partial charge in [0.05, 0.1) is 10.6 Å². The number of hydrogen-bond donors (Lipinski definition) is 5. The van der Waals surface area contributed by atoms with Crippen LogP contribution in [0.5, 0.6) is 11.5 Å². The Labute approximate surface area is 246 Å². The molecular formula is C28H33N3O9S2. The highest BCUT2D eigenvalue weighted by atomic mass is 32.2. The predicted octanol–water partition coefficient (Wildman–Crippen LogP) is 3.77. The molecule has 0 aromatic heterocycles. The second-order valence-corrected chi connectivity index (χ2v) is 12.3. The largest absolute Gasteiger partial charge is 0.506 e. The Hall–Kier alpha value is -4.14. The van der Waals surface area contributed by atoms with Gasteiger partial charge in [0.2, 0.25) is 0 Å². The van der Waals surface area contributed by atoms with E-state index in [0.29, 0.717) is 23.1 Å². The summed E-state index contributed by atoms with van der Waals surface area (Å²) in [4.78, 5) is 12.1. The molecule has 0 aliphatic heterocycles. The van der Waals surface area contributed by atoms with Crippen molar-refractivity contribution in [2.75, 3.05) is 17.1 Å². The minimum absolute atomic E-state index is 0.0585. The van der Waals surface area contributed by atoms with Gasteiger partial charge in [0, 0.05) is 23.9 Å². The fraction of sp³-hybridized carbons (Fsp3) is 0.286. The molecule has 0 spiro atoms. The van der Waals surface area contributed by atoms with Crippen LogP contribution in [0.3, 0.4) is 0 Å². The Balaban J connectivity index is 2.06. The van der Waals surface area contributed by atoms with Crippen LogP contribution in [0, 0.1) is 0 Å². The molecule has 3 aromatic rings. The third kappa shape index (κ3) is 7.99. The van der Waals surface area contributed by atoms with E-state index in [1.165, 1.54) is 24.3 Å². The summed E-state index contributed by atoms with van der Waals surface area (Å²) in [6, 6.07) is 15.1. The summed E-state index contributed by atoms with van der Waals surface area (Å²) in [7, 11) is -3.59. The van der Waals surface area contributed by atoms with E-state index in [0.717, 1.165) is 17.0 Å². The third-order valence-electron chi connectivity index (χ3n) is 6.45. The fourth-order valence-corrected chi connectivity index (χ4v) is 5.76. The van der Waals surface area contributed by atoms with Crippen molar-refractivity contribution in [1.29, 1.82) is 0 Å². The van der Waals surface area contributed by atoms with Crippen LogP contribution in [0.4, 0.5) is 5.69 Å². The molecule has 0 saturated heterocycles. The van der Waals surface area contributed by atoms with Crippen molar-refractivity contribution in [2.24, 2.45) is 10.9 Å². The second-order valence-electron chi connectivity index (χ2n) is 9.45. The number of anilines is 1. The van der Waals surface area contributed by atoms with E-state index in [2.05, 4.69) is 5.16 Å². The number of phenolic OH excluding ortho intramolecular Hbond substituents is 1. The lowest BCUT2D eigenvalue weighted by molar-refractivity contribution is -0.145. The maximum absolute atomic E-state index is 12.4. The molecule has 0 radical (unpaired) electrons. The first-order valence-electron chi connectivity index (χ1n) is 12.9. The number of unbranched alkanes of at least 4 members (excludes halogenated alkanes) is 1. The number of oxime groups is 1. The van der Waals surface area contributed by atoms with Crippen molar-refractivity contribution in [3.8, 4) is 22.6 Å². The van der Waals surface area contributed by atoms with Gasteiger partial charge in [-0.2, -0.15) is 0 Å². The van der Waals surface area contributed by atoms with Crippen LogP contribution in [0.25, 0.3) is 11.1 Å². The number of hydrogen-bond acceptors (Lipinski definition) is 8. The molecule has 3 aromatic carbocycles. The van der Waals surface area contributed by atoms with Crippen LogP contribution < -0.4 is 14.8 Å². The van der Waals surface area contributed by atoms with Crippen LogP contribution in [-0.2, 0) is 32.3 Å². The number of aromatic hydroxyl groups is 1. The number of carboxylic acids is 1. The number of carboxylic acid groups (broad SMARTS) is 1. The highest BCUT2D eigenvalue weighted by molar-refractivity contribution is 7.90. The lowest BCUT2D eigenvalue weighted by Crippen LogP contribution is -2.29. The van der Waals surface area contributed by atoms with Crippen LogP contribution >= 0.6 is 0 Å². The molecule has 0 bridgehead atoms. The standard InChI is InChI=1S/C28H33N3O9S2/c1-3-4-8-24(28(33)34)40-25-17-19(21-7-5-6-9-26(21)42(2,38)39)11-10-18(25)14-15-31(41(36)37)22-16-20(27(29)30-35)12-13-23(22)32/h5-7,9-13,16-17,24,32,35H,3-4,8,14-15H2,1-2H3,(H2,29,30)(H,33,34)(H,36,37). The number of aliphatic carboxylic acids is 1. The minimum Gasteiger partial charge on any atom is -0.506 e. The van der Waals surface area contributed by atoms with Gasteiger partial charge in [-0.05, 0) is 60.7 Å². The molecule has 6 N–H and O–H groups in total. The zero-order chi connectivity index (χ0) is 31.0. The van der Waals surface area contributed by atoms with Crippen molar-refractivity contribution in [2.45, 2.75) is 43.6 Å². The third-order valence-corrected chi connectivity index (χ3v) is 8.36. The topological polar surface area (TPSA) is 200 Å². The maximum atomic E-state index is 12.4. The molecule has 0 amide bonds. The summed E-state index contributed by atoms with van der Waals surface area (Å²) < 4.78 is 54.2. The Morgan fingerprint density at radius 3 is 2.48 bits per heavy atom. The Morgan fingerprint density at radius 2 is 1.86 bits per heavy atom. The Morgan fingerprint density at radius 1 is 1.14 bits per heavy atom. The molecule has 226 valence electrons. The Kier molecular flexibility index (Phi) is 10.9. The van der Waals surface area contributed by atoms with E-state index in [1.807, 2.05) is 6.92 Å². The molecule has 2 atom stereocenters. The highest BCUT2D eigenvalue weighted by Gasteiger charge is 2.23. The van der Waals surface area contributed by atoms with Crippen molar-refractivity contribution < 1.29 is 42.1 Å². The summed E-state index contributed by atoms with van der Waals surface area (Å²) >= 11 is -2.61. The zero-order valence-electron chi connectivity index (χ0n) is 23.0. The molecule has 0 saturated carbocycles. The van der Waals surface area contributed by atoms with Crippen LogP contribution in [0.2, 0.25) is 0 Å². The molecule has 14 heteroatoms. The van der Waals surface area contributed by atoms with Crippen molar-refractivity contribution in [3.05, 3.63) is 71.8 Å². The normalized spacial score (nSPS) is 13.4. The molecular weight excluding hydrogens is 586 g/mol. The van der Waals surface area contributed by atoms with Crippen LogP contribution in [0.1, 0.15) is 37.3 Å². The van der Waals surface area contributed by atoms with Gasteiger partial charge < -0.3 is 25.9 Å². The number of sulfone groups is 1. The summed E-state index contributed by atoms with van der Waals surface area (Å²) in [5, 5.41) is 32.1. The maximum Gasteiger partial charge on any atom is 0.344 e.